The number of nitrogens with zero attached hydrogens (tertiary/aromatic N) is 2. The van der Waals surface area contributed by atoms with E-state index in [2.05, 4.69) is 6.58 Å². The van der Waals surface area contributed by atoms with E-state index in [9.17, 15) is 23.1 Å². The number of nitrogens with two attached hydrogens (primary N) is 1. The number of aromatic nitrogens is 2. The fraction of sp³-hybridized carbons (Fsp3) is 0.619. The lowest BCUT2D eigenvalue weighted by Crippen LogP contribution is -2.55. The second-order valence-electron chi connectivity index (χ2n) is 10.2. The van der Waals surface area contributed by atoms with E-state index in [0.29, 0.717) is 0 Å². The van der Waals surface area contributed by atoms with Gasteiger partial charge in [0.15, 0.2) is 20.1 Å². The van der Waals surface area contributed by atoms with Crippen LogP contribution in [0.25, 0.3) is 0 Å². The zero-order valence-corrected chi connectivity index (χ0v) is 22.1. The molecule has 0 aliphatic carbocycles. The summed E-state index contributed by atoms with van der Waals surface area (Å²) in [5.41, 5.74) is 2.79. The Morgan fingerprint density at radius 1 is 1.35 bits per heavy atom. The molecule has 0 saturated carbocycles. The topological polar surface area (TPSA) is 152 Å². The van der Waals surface area contributed by atoms with E-state index in [1.165, 1.54) is 19.2 Å². The highest BCUT2D eigenvalue weighted by atomic mass is 32.2. The Bertz CT molecular complexity index is 1240. The molecular weight excluding hydrogens is 482 g/mol. The highest BCUT2D eigenvalue weighted by Crippen LogP contribution is 2.48. The maximum Gasteiger partial charge on any atom is 0.333 e. The minimum Gasteiger partial charge on any atom is -0.414 e. The first-order chi connectivity index (χ1) is 15.5. The van der Waals surface area contributed by atoms with E-state index >= 15 is 0 Å². The number of ether oxygens (including phenoxy) is 1. The summed E-state index contributed by atoms with van der Waals surface area (Å²) in [6.45, 7) is 15.0. The molecular formula is C21H33N3O8SSi. The molecule has 11 nitrogen and oxygen atoms in total. The van der Waals surface area contributed by atoms with Crippen molar-refractivity contribution in [1.29, 1.82) is 0 Å². The summed E-state index contributed by atoms with van der Waals surface area (Å²) in [6.07, 6.45) is -1.59. The smallest absolute Gasteiger partial charge is 0.333 e. The number of aliphatic hydroxyl groups excluding tert-OH is 1. The van der Waals surface area contributed by atoms with Gasteiger partial charge in [0.25, 0.3) is 15.7 Å². The Morgan fingerprint density at radius 3 is 2.47 bits per heavy atom. The number of allylic oxidation sites excluding steroid dienone is 1. The third kappa shape index (κ3) is 4.24. The van der Waals surface area contributed by atoms with Crippen LogP contribution in [0.3, 0.4) is 0 Å². The molecule has 2 aliphatic heterocycles. The van der Waals surface area contributed by atoms with Crippen molar-refractivity contribution in [2.45, 2.75) is 76.4 Å². The summed E-state index contributed by atoms with van der Waals surface area (Å²) in [5, 5.41) is 11.9. The number of hydrogen-bond donors (Lipinski definition) is 2. The Morgan fingerprint density at radius 2 is 1.97 bits per heavy atom. The average molecular weight is 516 g/mol. The van der Waals surface area contributed by atoms with Crippen LogP contribution in [0.15, 0.2) is 39.5 Å². The third-order valence-electron chi connectivity index (χ3n) is 6.82. The van der Waals surface area contributed by atoms with Crippen LogP contribution in [0, 0.1) is 6.92 Å². The summed E-state index contributed by atoms with van der Waals surface area (Å²) in [7, 11) is -6.53. The number of aryl methyl sites for hydroxylation is 1. The fourth-order valence-electron chi connectivity index (χ4n) is 3.83. The van der Waals surface area contributed by atoms with Crippen molar-refractivity contribution in [3.63, 3.8) is 0 Å². The first kappa shape index (κ1) is 26.6. The highest BCUT2D eigenvalue weighted by Gasteiger charge is 2.65. The van der Waals surface area contributed by atoms with Gasteiger partial charge >= 0.3 is 5.69 Å². The molecule has 0 bridgehead atoms. The standard InChI is InChI=1S/C21H33N3O8SSi/c1-8-9-23-17(26)13(2)10-24(19(23)27)18-16(25)21(14(22)12-33(28,29)32-21)15(31-18)11-30-34(6,7)20(3,4)5/h8,10,12,15-16,18,25H,1,9,11,22H2,2-7H3/t15-,16+,18-,21?/m1/s1. The van der Waals surface area contributed by atoms with Gasteiger partial charge in [0.2, 0.25) is 0 Å². The molecule has 0 amide bonds. The molecule has 1 saturated heterocycles. The lowest BCUT2D eigenvalue weighted by atomic mass is 9.89. The lowest BCUT2D eigenvalue weighted by Gasteiger charge is -2.38. The SMILES string of the molecule is C=CCn1c(=O)c(C)cn([C@@H]2O[C@H](CO[Si](C)(C)C(C)(C)C)C3(OS(=O)(=O)C=C3N)[C@H]2O)c1=O. The molecule has 1 fully saturated rings. The molecule has 1 unspecified atom stereocenters. The van der Waals surface area contributed by atoms with Crippen LogP contribution in [-0.2, 0) is 30.0 Å². The molecule has 34 heavy (non-hydrogen) atoms. The first-order valence-corrected chi connectivity index (χ1v) is 15.2. The summed E-state index contributed by atoms with van der Waals surface area (Å²) in [4.78, 5) is 25.5. The molecule has 1 aromatic heterocycles. The summed E-state index contributed by atoms with van der Waals surface area (Å²) < 4.78 is 44.2. The van der Waals surface area contributed by atoms with Crippen molar-refractivity contribution in [2.75, 3.05) is 6.61 Å². The van der Waals surface area contributed by atoms with Gasteiger partial charge in [0, 0.05) is 18.3 Å². The van der Waals surface area contributed by atoms with Gasteiger partial charge in [-0.15, -0.1) is 6.58 Å². The lowest BCUT2D eigenvalue weighted by molar-refractivity contribution is -0.0571. The predicted molar refractivity (Wildman–Crippen MR) is 128 cm³/mol. The Hall–Kier alpha value is -2.03. The summed E-state index contributed by atoms with van der Waals surface area (Å²) in [6, 6.07) is 0. The van der Waals surface area contributed by atoms with Gasteiger partial charge in [-0.1, -0.05) is 26.8 Å². The van der Waals surface area contributed by atoms with E-state index in [0.717, 1.165) is 14.5 Å². The van der Waals surface area contributed by atoms with Crippen LogP contribution in [0.4, 0.5) is 0 Å². The molecule has 1 aromatic rings. The van der Waals surface area contributed by atoms with E-state index in [1.807, 2.05) is 33.9 Å². The summed E-state index contributed by atoms with van der Waals surface area (Å²) in [5.74, 6) is 0. The Kier molecular flexibility index (Phi) is 6.70. The zero-order chi connectivity index (χ0) is 25.9. The largest absolute Gasteiger partial charge is 0.414 e. The molecule has 3 heterocycles. The van der Waals surface area contributed by atoms with Gasteiger partial charge < -0.3 is 20.0 Å². The highest BCUT2D eigenvalue weighted by molar-refractivity contribution is 7.90. The molecule has 190 valence electrons. The van der Waals surface area contributed by atoms with E-state index < -0.39 is 53.7 Å². The van der Waals surface area contributed by atoms with Crippen molar-refractivity contribution in [2.24, 2.45) is 5.73 Å². The van der Waals surface area contributed by atoms with E-state index in [4.69, 9.17) is 19.1 Å². The second kappa shape index (κ2) is 8.57. The Balaban J connectivity index is 2.11. The van der Waals surface area contributed by atoms with Gasteiger partial charge in [-0.25, -0.2) is 8.98 Å². The van der Waals surface area contributed by atoms with Crippen LogP contribution in [0.1, 0.15) is 32.6 Å². The van der Waals surface area contributed by atoms with Crippen molar-refractivity contribution >= 4 is 18.4 Å². The molecule has 0 radical (unpaired) electrons. The molecule has 4 atom stereocenters. The van der Waals surface area contributed by atoms with Crippen molar-refractivity contribution in [3.8, 4) is 0 Å². The zero-order valence-electron chi connectivity index (χ0n) is 20.3. The monoisotopic (exact) mass is 515 g/mol. The van der Waals surface area contributed by atoms with E-state index in [-0.39, 0.29) is 29.5 Å². The minimum atomic E-state index is -4.21. The Labute approximate surface area is 199 Å². The molecule has 3 rings (SSSR count). The third-order valence-corrected chi connectivity index (χ3v) is 12.4. The van der Waals surface area contributed by atoms with Crippen molar-refractivity contribution < 1.29 is 26.9 Å². The molecule has 2 aliphatic rings. The van der Waals surface area contributed by atoms with Gasteiger partial charge in [0.05, 0.1) is 17.7 Å². The van der Waals surface area contributed by atoms with Crippen molar-refractivity contribution in [1.82, 2.24) is 9.13 Å². The van der Waals surface area contributed by atoms with Crippen molar-refractivity contribution in [3.05, 3.63) is 56.4 Å². The van der Waals surface area contributed by atoms with E-state index in [1.54, 1.807) is 0 Å². The number of rotatable bonds is 6. The van der Waals surface area contributed by atoms with Crippen LogP contribution in [0.5, 0.6) is 0 Å². The normalized spacial score (nSPS) is 28.9. The van der Waals surface area contributed by atoms with Gasteiger partial charge in [-0.2, -0.15) is 8.42 Å². The van der Waals surface area contributed by atoms with Crippen LogP contribution in [-0.4, -0.2) is 55.4 Å². The van der Waals surface area contributed by atoms with Gasteiger partial charge in [-0.05, 0) is 25.1 Å². The number of aliphatic hydroxyl groups is 1. The fourth-order valence-corrected chi connectivity index (χ4v) is 6.06. The minimum absolute atomic E-state index is 0.0574. The second-order valence-corrected chi connectivity index (χ2v) is 16.4. The van der Waals surface area contributed by atoms with Crippen LogP contribution < -0.4 is 17.0 Å². The van der Waals surface area contributed by atoms with Crippen LogP contribution >= 0.6 is 0 Å². The van der Waals surface area contributed by atoms with Crippen LogP contribution in [0.2, 0.25) is 18.1 Å². The average Bonchev–Trinajstić information content (AvgIpc) is 3.12. The maximum absolute atomic E-state index is 13.1. The predicted octanol–water partition coefficient (Wildman–Crippen LogP) is 0.683. The van der Waals surface area contributed by atoms with Gasteiger partial charge in [-0.3, -0.25) is 13.9 Å². The molecule has 3 N–H and O–H groups in total. The van der Waals surface area contributed by atoms with Gasteiger partial charge in [0.1, 0.15) is 12.2 Å². The number of hydrogen-bond acceptors (Lipinski definition) is 9. The molecule has 13 heteroatoms. The molecule has 1 spiro atoms. The summed E-state index contributed by atoms with van der Waals surface area (Å²) >= 11 is 0. The maximum atomic E-state index is 13.1. The first-order valence-electron chi connectivity index (χ1n) is 10.8. The molecule has 0 aromatic carbocycles. The quantitative estimate of drug-likeness (QED) is 0.316.